The van der Waals surface area contributed by atoms with Crippen LogP contribution in [0.2, 0.25) is 0 Å². The van der Waals surface area contributed by atoms with E-state index in [0.29, 0.717) is 28.3 Å². The molecule has 0 amide bonds. The Morgan fingerprint density at radius 1 is 1.00 bits per heavy atom. The van der Waals surface area contributed by atoms with E-state index in [0.717, 1.165) is 0 Å². The van der Waals surface area contributed by atoms with Crippen molar-refractivity contribution in [3.05, 3.63) is 64.7 Å². The van der Waals surface area contributed by atoms with E-state index >= 15 is 0 Å². The highest BCUT2D eigenvalue weighted by atomic mass is 32.2. The molecule has 0 saturated carbocycles. The minimum absolute atomic E-state index is 0.451. The summed E-state index contributed by atoms with van der Waals surface area (Å²) in [6.45, 7) is 0. The normalized spacial score (nSPS) is 9.88. The van der Waals surface area contributed by atoms with Gasteiger partial charge in [0.25, 0.3) is 11.9 Å². The zero-order valence-corrected chi connectivity index (χ0v) is 9.59. The molecule has 0 saturated heterocycles. The third kappa shape index (κ3) is 3.22. The zero-order chi connectivity index (χ0) is 12.1. The monoisotopic (exact) mass is 247 g/mol. The molecule has 0 fully saturated rings. The number of para-hydroxylation sites is 2. The van der Waals surface area contributed by atoms with E-state index in [1.54, 1.807) is 36.4 Å². The Morgan fingerprint density at radius 3 is 2.35 bits per heavy atom. The van der Waals surface area contributed by atoms with Gasteiger partial charge >= 0.3 is 0 Å². The van der Waals surface area contributed by atoms with Crippen LogP contribution < -0.4 is 4.74 Å². The lowest BCUT2D eigenvalue weighted by Crippen LogP contribution is -1.89. The highest BCUT2D eigenvalue weighted by molar-refractivity contribution is 7.93. The van der Waals surface area contributed by atoms with Gasteiger partial charge in [0.15, 0.2) is 0 Å². The first-order chi connectivity index (χ1) is 8.25. The third-order valence-corrected chi connectivity index (χ3v) is 2.68. The van der Waals surface area contributed by atoms with Gasteiger partial charge in [-0.2, -0.15) is 0 Å². The molecule has 0 aromatic heterocycles. The van der Waals surface area contributed by atoms with E-state index in [1.807, 2.05) is 18.2 Å². The first kappa shape index (κ1) is 11.5. The van der Waals surface area contributed by atoms with E-state index in [-0.39, 0.29) is 0 Å². The van der Waals surface area contributed by atoms with Gasteiger partial charge in [0, 0.05) is 0 Å². The maximum Gasteiger partial charge on any atom is 0.269 e. The first-order valence-electron chi connectivity index (χ1n) is 4.90. The maximum atomic E-state index is 10.5. The van der Waals surface area contributed by atoms with Gasteiger partial charge in [0.2, 0.25) is 0 Å². The highest BCUT2D eigenvalue weighted by Gasteiger charge is 2.12. The van der Waals surface area contributed by atoms with Gasteiger partial charge < -0.3 is 4.74 Å². The quantitative estimate of drug-likeness (QED) is 0.469. The molecule has 2 aromatic rings. The Balaban J connectivity index is 2.23. The Kier molecular flexibility index (Phi) is 3.62. The lowest BCUT2D eigenvalue weighted by Gasteiger charge is -2.06. The summed E-state index contributed by atoms with van der Waals surface area (Å²) in [6, 6.07) is 16.1. The summed E-state index contributed by atoms with van der Waals surface area (Å²) >= 11 is 0.542. The Morgan fingerprint density at radius 2 is 1.65 bits per heavy atom. The van der Waals surface area contributed by atoms with Crippen LogP contribution in [-0.2, 0) is 0 Å². The van der Waals surface area contributed by atoms with Gasteiger partial charge in [0.1, 0.15) is 20.7 Å². The van der Waals surface area contributed by atoms with Crippen LogP contribution in [0.4, 0.5) is 0 Å². The van der Waals surface area contributed by atoms with Crippen LogP contribution in [0, 0.1) is 10.1 Å². The number of benzene rings is 2. The van der Waals surface area contributed by atoms with Crippen LogP contribution >= 0.6 is 11.9 Å². The number of nitrogens with zero attached hydrogens (tertiary/aromatic N) is 1. The number of hydrogen-bond donors (Lipinski definition) is 0. The van der Waals surface area contributed by atoms with Gasteiger partial charge in [0.05, 0.1) is 0 Å². The molecule has 2 aromatic carbocycles. The van der Waals surface area contributed by atoms with E-state index < -0.39 is 4.33 Å². The van der Waals surface area contributed by atoms with Crippen molar-refractivity contribution in [2.45, 2.75) is 4.90 Å². The summed E-state index contributed by atoms with van der Waals surface area (Å²) in [5.74, 6) is 1.14. The second-order valence-electron chi connectivity index (χ2n) is 3.18. The molecule has 0 spiro atoms. The van der Waals surface area contributed by atoms with Crippen LogP contribution in [-0.4, -0.2) is 4.33 Å². The molecular weight excluding hydrogens is 238 g/mol. The molecule has 0 aliphatic rings. The molecule has 0 atom stereocenters. The van der Waals surface area contributed by atoms with E-state index in [2.05, 4.69) is 0 Å². The van der Waals surface area contributed by atoms with Gasteiger partial charge in [-0.15, -0.1) is 0 Å². The van der Waals surface area contributed by atoms with Crippen molar-refractivity contribution in [2.75, 3.05) is 0 Å². The molecule has 0 aliphatic carbocycles. The standard InChI is InChI=1S/C12H9NO3S/c14-13(15)17-12-9-5-4-8-11(12)16-10-6-2-1-3-7-10/h1-9H. The van der Waals surface area contributed by atoms with Crippen LogP contribution in [0.1, 0.15) is 0 Å². The number of hydrogen-bond acceptors (Lipinski definition) is 4. The van der Waals surface area contributed by atoms with E-state index in [1.165, 1.54) is 0 Å². The second-order valence-corrected chi connectivity index (χ2v) is 4.10. The molecule has 0 bridgehead atoms. The van der Waals surface area contributed by atoms with Crippen molar-refractivity contribution in [2.24, 2.45) is 0 Å². The van der Waals surface area contributed by atoms with Gasteiger partial charge in [-0.05, 0) is 24.3 Å². The fourth-order valence-electron chi connectivity index (χ4n) is 1.31. The molecule has 0 N–H and O–H groups in total. The predicted octanol–water partition coefficient (Wildman–Crippen LogP) is 3.76. The third-order valence-electron chi connectivity index (χ3n) is 1.99. The van der Waals surface area contributed by atoms with E-state index in [9.17, 15) is 10.1 Å². The predicted molar refractivity (Wildman–Crippen MR) is 65.8 cm³/mol. The molecule has 5 heteroatoms. The molecule has 2 rings (SSSR count). The summed E-state index contributed by atoms with van der Waals surface area (Å²) in [5, 5.41) is 10.5. The minimum atomic E-state index is -0.451. The van der Waals surface area contributed by atoms with Crippen molar-refractivity contribution in [1.82, 2.24) is 0 Å². The van der Waals surface area contributed by atoms with Crippen molar-refractivity contribution in [3.63, 3.8) is 0 Å². The second kappa shape index (κ2) is 5.36. The Hall–Kier alpha value is -2.01. The molecular formula is C12H9NO3S. The molecule has 0 heterocycles. The van der Waals surface area contributed by atoms with Crippen LogP contribution in [0.25, 0.3) is 0 Å². The van der Waals surface area contributed by atoms with Crippen LogP contribution in [0.3, 0.4) is 0 Å². The topological polar surface area (TPSA) is 52.4 Å². The minimum Gasteiger partial charge on any atom is -0.456 e. The highest BCUT2D eigenvalue weighted by Crippen LogP contribution is 2.32. The number of ether oxygens (including phenoxy) is 1. The molecule has 0 radical (unpaired) electrons. The molecule has 17 heavy (non-hydrogen) atoms. The lowest BCUT2D eigenvalue weighted by atomic mass is 10.3. The summed E-state index contributed by atoms with van der Waals surface area (Å²) < 4.78 is 5.13. The van der Waals surface area contributed by atoms with Crippen molar-refractivity contribution >= 4 is 11.9 Å². The van der Waals surface area contributed by atoms with Gasteiger partial charge in [-0.25, -0.2) is 0 Å². The molecule has 0 aliphatic heterocycles. The summed E-state index contributed by atoms with van der Waals surface area (Å²) in [5.41, 5.74) is 0. The van der Waals surface area contributed by atoms with E-state index in [4.69, 9.17) is 4.74 Å². The average molecular weight is 247 g/mol. The maximum absolute atomic E-state index is 10.5. The van der Waals surface area contributed by atoms with Crippen molar-refractivity contribution in [1.29, 1.82) is 0 Å². The largest absolute Gasteiger partial charge is 0.456 e. The smallest absolute Gasteiger partial charge is 0.269 e. The summed E-state index contributed by atoms with van der Waals surface area (Å²) in [6.07, 6.45) is 0. The van der Waals surface area contributed by atoms with Crippen LogP contribution in [0.5, 0.6) is 11.5 Å². The van der Waals surface area contributed by atoms with Crippen molar-refractivity contribution < 1.29 is 9.07 Å². The summed E-state index contributed by atoms with van der Waals surface area (Å²) in [4.78, 5) is 11.0. The zero-order valence-electron chi connectivity index (χ0n) is 8.78. The fraction of sp³-hybridized carbons (Fsp3) is 0. The first-order valence-corrected chi connectivity index (χ1v) is 5.67. The number of nitro groups is 1. The van der Waals surface area contributed by atoms with Crippen molar-refractivity contribution in [3.8, 4) is 11.5 Å². The van der Waals surface area contributed by atoms with Gasteiger partial charge in [-0.3, -0.25) is 10.1 Å². The fourth-order valence-corrected chi connectivity index (χ4v) is 1.81. The molecule has 86 valence electrons. The molecule has 0 unspecified atom stereocenters. The molecule has 4 nitrogen and oxygen atoms in total. The number of rotatable bonds is 4. The lowest BCUT2D eigenvalue weighted by molar-refractivity contribution is -0.284. The van der Waals surface area contributed by atoms with Crippen LogP contribution in [0.15, 0.2) is 59.5 Å². The summed E-state index contributed by atoms with van der Waals surface area (Å²) in [7, 11) is 0. The Bertz CT molecular complexity index is 516. The average Bonchev–Trinajstić information content (AvgIpc) is 2.32. The Labute approximate surface area is 103 Å². The van der Waals surface area contributed by atoms with Gasteiger partial charge in [-0.1, -0.05) is 30.3 Å². The SMILES string of the molecule is O=[N+]([O-])Sc1ccccc1Oc1ccccc1.